The van der Waals surface area contributed by atoms with E-state index in [-0.39, 0.29) is 30.3 Å². The third-order valence-electron chi connectivity index (χ3n) is 3.34. The summed E-state index contributed by atoms with van der Waals surface area (Å²) in [5.74, 6) is -0.486. The van der Waals surface area contributed by atoms with Gasteiger partial charge in [-0.25, -0.2) is 4.39 Å². The second-order valence-electron chi connectivity index (χ2n) is 4.49. The van der Waals surface area contributed by atoms with Crippen molar-refractivity contribution in [2.45, 2.75) is 18.9 Å². The standard InChI is InChI=1S/C13H16ClFN2O.ClH/c1-16-9-5-6-17(8-9)13(18)7-10-11(14)3-2-4-12(10)15;/h2-4,9,16H,5-8H2,1H3;1H. The van der Waals surface area contributed by atoms with E-state index < -0.39 is 5.82 Å². The van der Waals surface area contributed by atoms with Gasteiger partial charge in [-0.2, -0.15) is 0 Å². The SMILES string of the molecule is CNC1CCN(C(=O)Cc2c(F)cccc2Cl)C1.Cl. The van der Waals surface area contributed by atoms with Crippen molar-refractivity contribution in [1.29, 1.82) is 0 Å². The fraction of sp³-hybridized carbons (Fsp3) is 0.462. The Labute approximate surface area is 123 Å². The first-order chi connectivity index (χ1) is 8.61. The van der Waals surface area contributed by atoms with Gasteiger partial charge in [0.25, 0.3) is 0 Å². The largest absolute Gasteiger partial charge is 0.341 e. The van der Waals surface area contributed by atoms with Gasteiger partial charge in [-0.15, -0.1) is 12.4 Å². The molecule has 1 saturated heterocycles. The minimum Gasteiger partial charge on any atom is -0.341 e. The fourth-order valence-corrected chi connectivity index (χ4v) is 2.42. The highest BCUT2D eigenvalue weighted by Crippen LogP contribution is 2.21. The van der Waals surface area contributed by atoms with Gasteiger partial charge in [-0.3, -0.25) is 4.79 Å². The highest BCUT2D eigenvalue weighted by molar-refractivity contribution is 6.31. The van der Waals surface area contributed by atoms with Crippen molar-refractivity contribution in [3.05, 3.63) is 34.6 Å². The summed E-state index contributed by atoms with van der Waals surface area (Å²) in [6, 6.07) is 4.81. The van der Waals surface area contributed by atoms with Crippen molar-refractivity contribution in [2.75, 3.05) is 20.1 Å². The molecule has 106 valence electrons. The molecule has 19 heavy (non-hydrogen) atoms. The first-order valence-corrected chi connectivity index (χ1v) is 6.37. The van der Waals surface area contributed by atoms with E-state index in [1.165, 1.54) is 6.07 Å². The first kappa shape index (κ1) is 16.2. The highest BCUT2D eigenvalue weighted by Gasteiger charge is 2.25. The van der Waals surface area contributed by atoms with Crippen molar-refractivity contribution < 1.29 is 9.18 Å². The van der Waals surface area contributed by atoms with E-state index in [9.17, 15) is 9.18 Å². The average Bonchev–Trinajstić information content (AvgIpc) is 2.82. The number of halogens is 3. The fourth-order valence-electron chi connectivity index (χ4n) is 2.19. The predicted molar refractivity (Wildman–Crippen MR) is 76.4 cm³/mol. The molecular formula is C13H17Cl2FN2O. The molecule has 0 bridgehead atoms. The minimum atomic E-state index is -0.416. The molecule has 1 heterocycles. The molecule has 1 aliphatic rings. The Balaban J connectivity index is 0.00000180. The first-order valence-electron chi connectivity index (χ1n) is 5.99. The molecule has 1 unspecified atom stereocenters. The van der Waals surface area contributed by atoms with Gasteiger partial charge in [0.15, 0.2) is 0 Å². The van der Waals surface area contributed by atoms with Crippen LogP contribution in [0.25, 0.3) is 0 Å². The summed E-state index contributed by atoms with van der Waals surface area (Å²) in [5.41, 5.74) is 0.289. The highest BCUT2D eigenvalue weighted by atomic mass is 35.5. The number of hydrogen-bond donors (Lipinski definition) is 1. The summed E-state index contributed by atoms with van der Waals surface area (Å²) in [7, 11) is 1.88. The summed E-state index contributed by atoms with van der Waals surface area (Å²) < 4.78 is 13.6. The van der Waals surface area contributed by atoms with Crippen molar-refractivity contribution in [3.63, 3.8) is 0 Å². The van der Waals surface area contributed by atoms with Crippen molar-refractivity contribution in [1.82, 2.24) is 10.2 Å². The molecule has 1 fully saturated rings. The van der Waals surface area contributed by atoms with E-state index in [0.29, 0.717) is 17.6 Å². The molecule has 0 saturated carbocycles. The second-order valence-corrected chi connectivity index (χ2v) is 4.90. The summed E-state index contributed by atoms with van der Waals surface area (Å²) in [5, 5.41) is 3.45. The van der Waals surface area contributed by atoms with Gasteiger partial charge >= 0.3 is 0 Å². The second kappa shape index (κ2) is 7.08. The van der Waals surface area contributed by atoms with Crippen LogP contribution in [0.4, 0.5) is 4.39 Å². The lowest BCUT2D eigenvalue weighted by Crippen LogP contribution is -2.34. The normalized spacial score (nSPS) is 18.3. The Kier molecular flexibility index (Phi) is 6.04. The third-order valence-corrected chi connectivity index (χ3v) is 3.69. The molecule has 1 aliphatic heterocycles. The van der Waals surface area contributed by atoms with Crippen LogP contribution in [0.2, 0.25) is 5.02 Å². The average molecular weight is 307 g/mol. The molecule has 1 N–H and O–H groups in total. The van der Waals surface area contributed by atoms with Crippen LogP contribution in [0.5, 0.6) is 0 Å². The maximum atomic E-state index is 13.6. The van der Waals surface area contributed by atoms with Crippen LogP contribution in [0.1, 0.15) is 12.0 Å². The molecule has 2 rings (SSSR count). The maximum absolute atomic E-state index is 13.6. The van der Waals surface area contributed by atoms with Crippen molar-refractivity contribution in [2.24, 2.45) is 0 Å². The lowest BCUT2D eigenvalue weighted by Gasteiger charge is -2.17. The van der Waals surface area contributed by atoms with Crippen LogP contribution < -0.4 is 5.32 Å². The van der Waals surface area contributed by atoms with E-state index in [0.717, 1.165) is 13.0 Å². The van der Waals surface area contributed by atoms with Gasteiger partial charge in [0.1, 0.15) is 5.82 Å². The molecule has 0 radical (unpaired) electrons. The van der Waals surface area contributed by atoms with Crippen LogP contribution in [-0.2, 0) is 11.2 Å². The van der Waals surface area contributed by atoms with E-state index in [4.69, 9.17) is 11.6 Å². The molecule has 3 nitrogen and oxygen atoms in total. The summed E-state index contributed by atoms with van der Waals surface area (Å²) in [6.45, 7) is 1.40. The molecule has 0 aromatic heterocycles. The van der Waals surface area contributed by atoms with Gasteiger partial charge in [0, 0.05) is 29.7 Å². The number of hydrogen-bond acceptors (Lipinski definition) is 2. The van der Waals surface area contributed by atoms with E-state index in [1.54, 1.807) is 17.0 Å². The topological polar surface area (TPSA) is 32.3 Å². The Morgan fingerprint density at radius 1 is 1.58 bits per heavy atom. The van der Waals surface area contributed by atoms with Crippen molar-refractivity contribution in [3.8, 4) is 0 Å². The van der Waals surface area contributed by atoms with Gasteiger partial charge < -0.3 is 10.2 Å². The molecule has 1 amide bonds. The number of nitrogens with one attached hydrogen (secondary N) is 1. The van der Waals surface area contributed by atoms with Crippen LogP contribution in [0.15, 0.2) is 18.2 Å². The molecule has 1 atom stereocenters. The number of rotatable bonds is 3. The summed E-state index contributed by atoms with van der Waals surface area (Å²) in [4.78, 5) is 13.8. The zero-order chi connectivity index (χ0) is 13.1. The summed E-state index contributed by atoms with van der Waals surface area (Å²) in [6.07, 6.45) is 0.967. The van der Waals surface area contributed by atoms with Crippen LogP contribution >= 0.6 is 24.0 Å². The van der Waals surface area contributed by atoms with Crippen LogP contribution in [0, 0.1) is 5.82 Å². The lowest BCUT2D eigenvalue weighted by molar-refractivity contribution is -0.129. The smallest absolute Gasteiger partial charge is 0.227 e. The lowest BCUT2D eigenvalue weighted by atomic mass is 10.1. The number of amides is 1. The van der Waals surface area contributed by atoms with Crippen LogP contribution in [0.3, 0.4) is 0 Å². The van der Waals surface area contributed by atoms with Gasteiger partial charge in [0.05, 0.1) is 6.42 Å². The third kappa shape index (κ3) is 3.81. The molecule has 6 heteroatoms. The monoisotopic (exact) mass is 306 g/mol. The van der Waals surface area contributed by atoms with Gasteiger partial charge in [-0.05, 0) is 25.6 Å². The van der Waals surface area contributed by atoms with E-state index >= 15 is 0 Å². The Morgan fingerprint density at radius 3 is 2.89 bits per heavy atom. The Bertz CT molecular complexity index is 436. The van der Waals surface area contributed by atoms with Gasteiger partial charge in [-0.1, -0.05) is 17.7 Å². The molecule has 0 aliphatic carbocycles. The minimum absolute atomic E-state index is 0. The zero-order valence-electron chi connectivity index (χ0n) is 10.7. The quantitative estimate of drug-likeness (QED) is 0.929. The number of likely N-dealkylation sites (tertiary alicyclic amines) is 1. The van der Waals surface area contributed by atoms with Crippen LogP contribution in [-0.4, -0.2) is 37.0 Å². The summed E-state index contributed by atoms with van der Waals surface area (Å²) >= 11 is 5.91. The Morgan fingerprint density at radius 2 is 2.32 bits per heavy atom. The van der Waals surface area contributed by atoms with Crippen molar-refractivity contribution >= 4 is 29.9 Å². The predicted octanol–water partition coefficient (Wildman–Crippen LogP) is 2.26. The molecular weight excluding hydrogens is 290 g/mol. The number of carbonyl (C=O) groups excluding carboxylic acids is 1. The number of benzene rings is 1. The number of carbonyl (C=O) groups is 1. The van der Waals surface area contributed by atoms with E-state index in [2.05, 4.69) is 5.32 Å². The van der Waals surface area contributed by atoms with Gasteiger partial charge in [0.2, 0.25) is 5.91 Å². The van der Waals surface area contributed by atoms with E-state index in [1.807, 2.05) is 7.05 Å². The maximum Gasteiger partial charge on any atom is 0.227 e. The number of likely N-dealkylation sites (N-methyl/N-ethyl adjacent to an activating group) is 1. The zero-order valence-corrected chi connectivity index (χ0v) is 12.2. The number of nitrogens with zero attached hydrogens (tertiary/aromatic N) is 1. The Hall–Kier alpha value is -0.840. The molecule has 0 spiro atoms. The molecule has 1 aromatic carbocycles. The molecule has 1 aromatic rings.